The van der Waals surface area contributed by atoms with Crippen molar-refractivity contribution in [2.45, 2.75) is 53.4 Å². The summed E-state index contributed by atoms with van der Waals surface area (Å²) >= 11 is 0. The lowest BCUT2D eigenvalue weighted by Gasteiger charge is -2.24. The molecule has 100 valence electrons. The molecular formula is C14H27NO2. The summed E-state index contributed by atoms with van der Waals surface area (Å²) in [6.07, 6.45) is 6.76. The quantitative estimate of drug-likeness (QED) is 0.481. The van der Waals surface area contributed by atoms with Gasteiger partial charge in [0.05, 0.1) is 0 Å². The molecule has 17 heavy (non-hydrogen) atoms. The van der Waals surface area contributed by atoms with Gasteiger partial charge >= 0.3 is 5.97 Å². The third-order valence-corrected chi connectivity index (χ3v) is 2.95. The molecule has 0 aromatic carbocycles. The summed E-state index contributed by atoms with van der Waals surface area (Å²) in [6.45, 7) is 9.91. The van der Waals surface area contributed by atoms with Crippen molar-refractivity contribution in [3.63, 3.8) is 0 Å². The Morgan fingerprint density at radius 3 is 2.53 bits per heavy atom. The molecule has 0 aromatic rings. The highest BCUT2D eigenvalue weighted by Gasteiger charge is 2.16. The summed E-state index contributed by atoms with van der Waals surface area (Å²) in [6, 6.07) is 0. The fourth-order valence-corrected chi connectivity index (χ4v) is 1.67. The summed E-state index contributed by atoms with van der Waals surface area (Å²) in [5.74, 6) is -0.839. The van der Waals surface area contributed by atoms with Gasteiger partial charge in [-0.3, -0.25) is 0 Å². The monoisotopic (exact) mass is 241 g/mol. The first kappa shape index (κ1) is 16.2. The van der Waals surface area contributed by atoms with Crippen LogP contribution in [0.15, 0.2) is 11.6 Å². The molecule has 3 nitrogen and oxygen atoms in total. The molecule has 0 spiro atoms. The van der Waals surface area contributed by atoms with E-state index in [1.54, 1.807) is 13.0 Å². The Kier molecular flexibility index (Phi) is 7.88. The van der Waals surface area contributed by atoms with Crippen LogP contribution in [-0.2, 0) is 4.79 Å². The lowest BCUT2D eigenvalue weighted by atomic mass is 9.87. The van der Waals surface area contributed by atoms with Crippen LogP contribution in [0.1, 0.15) is 53.4 Å². The predicted molar refractivity (Wildman–Crippen MR) is 72.2 cm³/mol. The van der Waals surface area contributed by atoms with Crippen molar-refractivity contribution < 1.29 is 9.90 Å². The molecule has 0 fully saturated rings. The summed E-state index contributed by atoms with van der Waals surface area (Å²) in [4.78, 5) is 10.6. The number of carboxylic acids is 1. The van der Waals surface area contributed by atoms with E-state index in [1.807, 2.05) is 0 Å². The van der Waals surface area contributed by atoms with Crippen molar-refractivity contribution in [2.75, 3.05) is 13.1 Å². The van der Waals surface area contributed by atoms with Crippen molar-refractivity contribution in [1.82, 2.24) is 5.32 Å². The van der Waals surface area contributed by atoms with Crippen LogP contribution in [0.5, 0.6) is 0 Å². The average molecular weight is 241 g/mol. The lowest BCUT2D eigenvalue weighted by Crippen LogP contribution is -2.29. The maximum atomic E-state index is 10.6. The minimum atomic E-state index is -0.839. The van der Waals surface area contributed by atoms with Gasteiger partial charge in [-0.15, -0.1) is 0 Å². The van der Waals surface area contributed by atoms with Crippen LogP contribution < -0.4 is 5.32 Å². The highest BCUT2D eigenvalue weighted by molar-refractivity contribution is 5.85. The maximum Gasteiger partial charge on any atom is 0.330 e. The van der Waals surface area contributed by atoms with Crippen LogP contribution in [-0.4, -0.2) is 24.2 Å². The molecule has 0 aromatic heterocycles. The smallest absolute Gasteiger partial charge is 0.330 e. The largest absolute Gasteiger partial charge is 0.478 e. The minimum Gasteiger partial charge on any atom is -0.478 e. The van der Waals surface area contributed by atoms with Crippen molar-refractivity contribution in [2.24, 2.45) is 5.41 Å². The SMILES string of the molecule is CCCCCC(C)(C)CNC/C=C(/C)C(=O)O. The second-order valence-corrected chi connectivity index (χ2v) is 5.44. The molecule has 2 N–H and O–H groups in total. The molecule has 0 radical (unpaired) electrons. The molecule has 3 heteroatoms. The highest BCUT2D eigenvalue weighted by Crippen LogP contribution is 2.22. The van der Waals surface area contributed by atoms with Gasteiger partial charge in [0, 0.05) is 18.7 Å². The van der Waals surface area contributed by atoms with E-state index >= 15 is 0 Å². The van der Waals surface area contributed by atoms with Crippen LogP contribution in [0.2, 0.25) is 0 Å². The standard InChI is InChI=1S/C14H27NO2/c1-5-6-7-9-14(3,4)11-15-10-8-12(2)13(16)17/h8,15H,5-7,9-11H2,1-4H3,(H,16,17)/b12-8-. The molecule has 0 aliphatic carbocycles. The van der Waals surface area contributed by atoms with Gasteiger partial charge in [-0.05, 0) is 18.8 Å². The van der Waals surface area contributed by atoms with Gasteiger partial charge in [0.2, 0.25) is 0 Å². The van der Waals surface area contributed by atoms with Crippen molar-refractivity contribution in [3.8, 4) is 0 Å². The second-order valence-electron chi connectivity index (χ2n) is 5.44. The molecule has 0 saturated heterocycles. The molecule has 0 aliphatic rings. The molecule has 0 atom stereocenters. The zero-order valence-electron chi connectivity index (χ0n) is 11.7. The third-order valence-electron chi connectivity index (χ3n) is 2.95. The number of aliphatic carboxylic acids is 1. The molecule has 0 amide bonds. The summed E-state index contributed by atoms with van der Waals surface area (Å²) in [7, 11) is 0. The van der Waals surface area contributed by atoms with E-state index in [0.29, 0.717) is 17.5 Å². The zero-order valence-corrected chi connectivity index (χ0v) is 11.7. The second kappa shape index (κ2) is 8.29. The Morgan fingerprint density at radius 1 is 1.35 bits per heavy atom. The van der Waals surface area contributed by atoms with Gasteiger partial charge in [-0.1, -0.05) is 46.1 Å². The minimum absolute atomic E-state index is 0.292. The predicted octanol–water partition coefficient (Wildman–Crippen LogP) is 3.21. The highest BCUT2D eigenvalue weighted by atomic mass is 16.4. The number of hydrogen-bond donors (Lipinski definition) is 2. The molecule has 0 heterocycles. The van der Waals surface area contributed by atoms with Crippen LogP contribution in [0.4, 0.5) is 0 Å². The Hall–Kier alpha value is -0.830. The van der Waals surface area contributed by atoms with Gasteiger partial charge in [0.25, 0.3) is 0 Å². The average Bonchev–Trinajstić information content (AvgIpc) is 2.24. The van der Waals surface area contributed by atoms with Crippen molar-refractivity contribution >= 4 is 5.97 Å². The van der Waals surface area contributed by atoms with Gasteiger partial charge in [-0.25, -0.2) is 4.79 Å². The molecule has 0 aliphatic heterocycles. The third kappa shape index (κ3) is 8.93. The van der Waals surface area contributed by atoms with Crippen LogP contribution in [0.3, 0.4) is 0 Å². The van der Waals surface area contributed by atoms with Gasteiger partial charge in [0.15, 0.2) is 0 Å². The number of carboxylic acid groups (broad SMARTS) is 1. The lowest BCUT2D eigenvalue weighted by molar-refractivity contribution is -0.132. The first-order valence-corrected chi connectivity index (χ1v) is 6.50. The van der Waals surface area contributed by atoms with E-state index in [-0.39, 0.29) is 0 Å². The Labute approximate surface area is 105 Å². The van der Waals surface area contributed by atoms with Crippen molar-refractivity contribution in [1.29, 1.82) is 0 Å². The van der Waals surface area contributed by atoms with E-state index < -0.39 is 5.97 Å². The number of unbranched alkanes of at least 4 members (excludes halogenated alkanes) is 2. The Morgan fingerprint density at radius 2 is 2.00 bits per heavy atom. The summed E-state index contributed by atoms with van der Waals surface area (Å²) in [5, 5.41) is 12.0. The number of rotatable bonds is 9. The van der Waals surface area contributed by atoms with E-state index in [2.05, 4.69) is 26.1 Å². The van der Waals surface area contributed by atoms with Gasteiger partial charge < -0.3 is 10.4 Å². The first-order chi connectivity index (χ1) is 7.89. The van der Waals surface area contributed by atoms with Crippen LogP contribution in [0.25, 0.3) is 0 Å². The summed E-state index contributed by atoms with van der Waals surface area (Å²) in [5.41, 5.74) is 0.696. The number of carbonyl (C=O) groups is 1. The normalized spacial score (nSPS) is 12.8. The van der Waals surface area contributed by atoms with Crippen LogP contribution >= 0.6 is 0 Å². The summed E-state index contributed by atoms with van der Waals surface area (Å²) < 4.78 is 0. The van der Waals surface area contributed by atoms with Crippen molar-refractivity contribution in [3.05, 3.63) is 11.6 Å². The molecule has 0 rings (SSSR count). The van der Waals surface area contributed by atoms with E-state index in [4.69, 9.17) is 5.11 Å². The Bertz CT molecular complexity index is 257. The first-order valence-electron chi connectivity index (χ1n) is 6.50. The zero-order chi connectivity index (χ0) is 13.3. The van der Waals surface area contributed by atoms with Crippen LogP contribution in [0, 0.1) is 5.41 Å². The maximum absolute atomic E-state index is 10.6. The van der Waals surface area contributed by atoms with E-state index in [9.17, 15) is 4.79 Å². The Balaban J connectivity index is 3.79. The topological polar surface area (TPSA) is 49.3 Å². The molecular weight excluding hydrogens is 214 g/mol. The van der Waals surface area contributed by atoms with E-state index in [0.717, 1.165) is 6.54 Å². The number of hydrogen-bond acceptors (Lipinski definition) is 2. The fourth-order valence-electron chi connectivity index (χ4n) is 1.67. The van der Waals surface area contributed by atoms with Gasteiger partial charge in [-0.2, -0.15) is 0 Å². The van der Waals surface area contributed by atoms with Gasteiger partial charge in [0.1, 0.15) is 0 Å². The molecule has 0 unspecified atom stereocenters. The molecule has 0 saturated carbocycles. The fraction of sp³-hybridized carbons (Fsp3) is 0.786. The molecule has 0 bridgehead atoms. The van der Waals surface area contributed by atoms with E-state index in [1.165, 1.54) is 25.7 Å². The number of nitrogens with one attached hydrogen (secondary N) is 1.